The van der Waals surface area contributed by atoms with Gasteiger partial charge in [-0.15, -0.1) is 0 Å². The number of rotatable bonds is 11. The van der Waals surface area contributed by atoms with Gasteiger partial charge in [0.25, 0.3) is 0 Å². The predicted molar refractivity (Wildman–Crippen MR) is 110 cm³/mol. The van der Waals surface area contributed by atoms with Crippen LogP contribution in [0.4, 0.5) is 4.79 Å². The minimum absolute atomic E-state index is 0.268. The topological polar surface area (TPSA) is 35.5 Å². The van der Waals surface area contributed by atoms with Crippen molar-refractivity contribution in [1.29, 1.82) is 0 Å². The van der Waals surface area contributed by atoms with E-state index in [1.165, 1.54) is 19.3 Å². The van der Waals surface area contributed by atoms with E-state index < -0.39 is 6.16 Å². The van der Waals surface area contributed by atoms with Gasteiger partial charge >= 0.3 is 6.16 Å². The quantitative estimate of drug-likeness (QED) is 0.238. The molecule has 0 aliphatic rings. The van der Waals surface area contributed by atoms with Gasteiger partial charge in [-0.05, 0) is 42.9 Å². The zero-order valence-electron chi connectivity index (χ0n) is 16.7. The van der Waals surface area contributed by atoms with Gasteiger partial charge in [-0.25, -0.2) is 4.79 Å². The van der Waals surface area contributed by atoms with E-state index in [4.69, 9.17) is 9.47 Å². The molecule has 0 saturated heterocycles. The predicted octanol–water partition coefficient (Wildman–Crippen LogP) is 7.26. The van der Waals surface area contributed by atoms with Crippen LogP contribution in [0.1, 0.15) is 76.0 Å². The van der Waals surface area contributed by atoms with Crippen molar-refractivity contribution < 1.29 is 14.3 Å². The van der Waals surface area contributed by atoms with Crippen LogP contribution < -0.4 is 4.74 Å². The lowest BCUT2D eigenvalue weighted by molar-refractivity contribution is 0.0527. The molecular weight excluding hydrogens is 336 g/mol. The number of hydrogen-bond acceptors (Lipinski definition) is 3. The summed E-state index contributed by atoms with van der Waals surface area (Å²) in [5, 5.41) is 0. The van der Waals surface area contributed by atoms with E-state index in [-0.39, 0.29) is 6.10 Å². The summed E-state index contributed by atoms with van der Waals surface area (Å²) in [6.45, 7) is 4.34. The Balaban J connectivity index is 1.98. The molecule has 0 bridgehead atoms. The Kier molecular flexibility index (Phi) is 9.47. The number of carbonyl (C=O) groups is 1. The summed E-state index contributed by atoms with van der Waals surface area (Å²) in [6, 6.07) is 17.6. The third kappa shape index (κ3) is 7.46. The first-order valence-corrected chi connectivity index (χ1v) is 10.3. The van der Waals surface area contributed by atoms with E-state index in [9.17, 15) is 4.79 Å². The molecule has 27 heavy (non-hydrogen) atoms. The number of benzene rings is 2. The van der Waals surface area contributed by atoms with Crippen molar-refractivity contribution in [2.24, 2.45) is 0 Å². The highest BCUT2D eigenvalue weighted by Crippen LogP contribution is 2.26. The van der Waals surface area contributed by atoms with Gasteiger partial charge in [-0.2, -0.15) is 0 Å². The van der Waals surface area contributed by atoms with Gasteiger partial charge < -0.3 is 9.47 Å². The largest absolute Gasteiger partial charge is 0.514 e. The van der Waals surface area contributed by atoms with Gasteiger partial charge in [0.1, 0.15) is 11.9 Å². The molecule has 0 amide bonds. The second-order valence-corrected chi connectivity index (χ2v) is 6.93. The van der Waals surface area contributed by atoms with Gasteiger partial charge in [0.05, 0.1) is 0 Å². The van der Waals surface area contributed by atoms with Crippen LogP contribution in [-0.2, 0) is 11.2 Å². The van der Waals surface area contributed by atoms with Crippen molar-refractivity contribution in [3.05, 3.63) is 65.7 Å². The molecule has 2 aromatic carbocycles. The molecule has 0 saturated carbocycles. The maximum absolute atomic E-state index is 12.4. The highest BCUT2D eigenvalue weighted by Gasteiger charge is 2.18. The van der Waals surface area contributed by atoms with Crippen LogP contribution in [0.25, 0.3) is 0 Å². The van der Waals surface area contributed by atoms with Crippen LogP contribution in [0.3, 0.4) is 0 Å². The minimum atomic E-state index is -0.624. The van der Waals surface area contributed by atoms with E-state index in [0.717, 1.165) is 43.2 Å². The Morgan fingerprint density at radius 1 is 0.852 bits per heavy atom. The van der Waals surface area contributed by atoms with Gasteiger partial charge in [-0.3, -0.25) is 0 Å². The molecule has 3 nitrogen and oxygen atoms in total. The molecule has 0 heterocycles. The van der Waals surface area contributed by atoms with E-state index in [1.54, 1.807) is 0 Å². The van der Waals surface area contributed by atoms with Crippen molar-refractivity contribution in [2.75, 3.05) is 0 Å². The van der Waals surface area contributed by atoms with E-state index in [0.29, 0.717) is 5.75 Å². The van der Waals surface area contributed by atoms with Crippen LogP contribution in [0, 0.1) is 0 Å². The molecule has 0 N–H and O–H groups in total. The highest BCUT2D eigenvalue weighted by molar-refractivity contribution is 5.65. The Hall–Kier alpha value is -2.29. The van der Waals surface area contributed by atoms with Crippen molar-refractivity contribution in [2.45, 2.75) is 71.3 Å². The van der Waals surface area contributed by atoms with Crippen LogP contribution in [0.15, 0.2) is 54.6 Å². The third-order valence-electron chi connectivity index (χ3n) is 4.70. The van der Waals surface area contributed by atoms with Gasteiger partial charge in [0, 0.05) is 0 Å². The molecule has 0 radical (unpaired) electrons. The Morgan fingerprint density at radius 3 is 2.30 bits per heavy atom. The average Bonchev–Trinajstić information content (AvgIpc) is 2.70. The van der Waals surface area contributed by atoms with E-state index >= 15 is 0 Å². The summed E-state index contributed by atoms with van der Waals surface area (Å²) in [4.78, 5) is 12.4. The van der Waals surface area contributed by atoms with Crippen molar-refractivity contribution in [3.63, 3.8) is 0 Å². The molecule has 0 aliphatic carbocycles. The van der Waals surface area contributed by atoms with Gasteiger partial charge in [0.2, 0.25) is 0 Å². The molecule has 0 fully saturated rings. The number of para-hydroxylation sites is 1. The second-order valence-electron chi connectivity index (χ2n) is 6.93. The summed E-state index contributed by atoms with van der Waals surface area (Å²) in [7, 11) is 0. The summed E-state index contributed by atoms with van der Waals surface area (Å²) in [6.07, 6.45) is 7.63. The molecule has 2 rings (SSSR count). The first kappa shape index (κ1) is 21.0. The maximum Gasteiger partial charge on any atom is 0.514 e. The Labute approximate surface area is 163 Å². The van der Waals surface area contributed by atoms with Crippen molar-refractivity contribution >= 4 is 6.16 Å². The van der Waals surface area contributed by atoms with Crippen LogP contribution in [-0.4, -0.2) is 6.16 Å². The molecule has 146 valence electrons. The third-order valence-corrected chi connectivity index (χ3v) is 4.70. The average molecular weight is 369 g/mol. The monoisotopic (exact) mass is 368 g/mol. The molecule has 0 aromatic heterocycles. The summed E-state index contributed by atoms with van der Waals surface area (Å²) >= 11 is 0. The lowest BCUT2D eigenvalue weighted by atomic mass is 10.0. The van der Waals surface area contributed by atoms with Crippen LogP contribution in [0.5, 0.6) is 5.75 Å². The Morgan fingerprint density at radius 2 is 1.56 bits per heavy atom. The molecule has 1 unspecified atom stereocenters. The van der Waals surface area contributed by atoms with Gasteiger partial charge in [0.15, 0.2) is 0 Å². The number of aryl methyl sites for hydroxylation is 1. The summed E-state index contributed by atoms with van der Waals surface area (Å²) < 4.78 is 11.3. The Bertz CT molecular complexity index is 666. The zero-order valence-corrected chi connectivity index (χ0v) is 16.7. The minimum Gasteiger partial charge on any atom is -0.426 e. The first-order valence-electron chi connectivity index (χ1n) is 10.3. The van der Waals surface area contributed by atoms with E-state index in [1.807, 2.05) is 54.6 Å². The van der Waals surface area contributed by atoms with Crippen LogP contribution >= 0.6 is 0 Å². The smallest absolute Gasteiger partial charge is 0.426 e. The molecule has 1 atom stereocenters. The standard InChI is InChI=1S/C24H32O3/c1-3-5-7-9-14-21-17-12-13-19-23(21)27-24(25)26-22(18-6-4-2)20-15-10-8-11-16-20/h8,10-13,15-17,19,22H,3-7,9,14,18H2,1-2H3. The summed E-state index contributed by atoms with van der Waals surface area (Å²) in [5.74, 6) is 0.612. The zero-order chi connectivity index (χ0) is 19.3. The lowest BCUT2D eigenvalue weighted by Gasteiger charge is -2.18. The van der Waals surface area contributed by atoms with Crippen molar-refractivity contribution in [3.8, 4) is 5.75 Å². The molecular formula is C24H32O3. The SMILES string of the molecule is CCCCCCc1ccccc1OC(=O)OC(CCCC)c1ccccc1. The summed E-state index contributed by atoms with van der Waals surface area (Å²) in [5.41, 5.74) is 2.08. The fourth-order valence-electron chi connectivity index (χ4n) is 3.13. The van der Waals surface area contributed by atoms with Crippen LogP contribution in [0.2, 0.25) is 0 Å². The molecule has 3 heteroatoms. The maximum atomic E-state index is 12.4. The second kappa shape index (κ2) is 12.2. The van der Waals surface area contributed by atoms with Crippen molar-refractivity contribution in [1.82, 2.24) is 0 Å². The van der Waals surface area contributed by atoms with Gasteiger partial charge in [-0.1, -0.05) is 88.1 Å². The molecule has 2 aromatic rings. The first-order chi connectivity index (χ1) is 13.2. The fourth-order valence-corrected chi connectivity index (χ4v) is 3.13. The number of carbonyl (C=O) groups excluding carboxylic acids is 1. The number of unbranched alkanes of at least 4 members (excludes halogenated alkanes) is 4. The molecule has 0 aliphatic heterocycles. The van der Waals surface area contributed by atoms with E-state index in [2.05, 4.69) is 13.8 Å². The number of hydrogen-bond donors (Lipinski definition) is 0. The fraction of sp³-hybridized carbons (Fsp3) is 0.458. The highest BCUT2D eigenvalue weighted by atomic mass is 16.7. The normalized spacial score (nSPS) is 11.8. The number of ether oxygens (including phenoxy) is 2. The molecule has 0 spiro atoms. The lowest BCUT2D eigenvalue weighted by Crippen LogP contribution is -2.16.